The lowest BCUT2D eigenvalue weighted by molar-refractivity contribution is 0.630. The first-order valence-electron chi connectivity index (χ1n) is 6.36. The summed E-state index contributed by atoms with van der Waals surface area (Å²) >= 11 is 0. The van der Waals surface area contributed by atoms with Gasteiger partial charge in [-0.3, -0.25) is 0 Å². The molecule has 1 aromatic heterocycles. The number of hydrogen-bond acceptors (Lipinski definition) is 1. The van der Waals surface area contributed by atoms with E-state index in [9.17, 15) is 0 Å². The van der Waals surface area contributed by atoms with Crippen LogP contribution in [-0.2, 0) is 6.42 Å². The molecule has 0 unspecified atom stereocenters. The topological polar surface area (TPSA) is 13.1 Å². The first kappa shape index (κ1) is 11.1. The summed E-state index contributed by atoms with van der Waals surface area (Å²) in [6.07, 6.45) is 1.02. The number of benzene rings is 2. The lowest BCUT2D eigenvalue weighted by Crippen LogP contribution is -1.84. The molecule has 0 fully saturated rings. The second-order valence-electron chi connectivity index (χ2n) is 4.66. The molecule has 0 amide bonds. The molecule has 0 N–H and O–H groups in total. The summed E-state index contributed by atoms with van der Waals surface area (Å²) in [5, 5.41) is 1.17. The normalized spacial score (nSPS) is 11.0. The molecular formula is C17H16O. The Bertz CT molecular complexity index is 692. The van der Waals surface area contributed by atoms with Gasteiger partial charge >= 0.3 is 0 Å². The van der Waals surface area contributed by atoms with Crippen LogP contribution in [0.25, 0.3) is 22.3 Å². The Morgan fingerprint density at radius 2 is 1.83 bits per heavy atom. The van der Waals surface area contributed by atoms with Crippen molar-refractivity contribution in [2.45, 2.75) is 20.3 Å². The van der Waals surface area contributed by atoms with Crippen molar-refractivity contribution >= 4 is 11.0 Å². The van der Waals surface area contributed by atoms with Gasteiger partial charge in [-0.1, -0.05) is 43.3 Å². The lowest BCUT2D eigenvalue weighted by atomic mass is 10.0. The van der Waals surface area contributed by atoms with E-state index in [1.165, 1.54) is 22.1 Å². The highest BCUT2D eigenvalue weighted by atomic mass is 16.3. The van der Waals surface area contributed by atoms with Gasteiger partial charge in [-0.25, -0.2) is 0 Å². The Balaban J connectivity index is 2.19. The minimum atomic E-state index is 0.966. The molecule has 0 aliphatic rings. The van der Waals surface area contributed by atoms with Crippen molar-refractivity contribution < 1.29 is 4.42 Å². The summed E-state index contributed by atoms with van der Waals surface area (Å²) in [6, 6.07) is 16.9. The largest absolute Gasteiger partial charge is 0.456 e. The molecule has 3 aromatic rings. The highest BCUT2D eigenvalue weighted by Crippen LogP contribution is 2.30. The summed E-state index contributed by atoms with van der Waals surface area (Å²) in [7, 11) is 0. The fourth-order valence-corrected chi connectivity index (χ4v) is 2.34. The van der Waals surface area contributed by atoms with E-state index in [-0.39, 0.29) is 0 Å². The third-order valence-corrected chi connectivity index (χ3v) is 3.34. The van der Waals surface area contributed by atoms with E-state index in [1.54, 1.807) is 0 Å². The van der Waals surface area contributed by atoms with Crippen molar-refractivity contribution in [2.24, 2.45) is 0 Å². The van der Waals surface area contributed by atoms with E-state index in [1.807, 2.05) is 0 Å². The average molecular weight is 236 g/mol. The SMILES string of the molecule is CCc1ccccc1-c1cc2ccc(C)cc2o1. The molecule has 1 nitrogen and oxygen atoms in total. The van der Waals surface area contributed by atoms with E-state index < -0.39 is 0 Å². The van der Waals surface area contributed by atoms with E-state index in [4.69, 9.17) is 4.42 Å². The van der Waals surface area contributed by atoms with Crippen LogP contribution in [0.15, 0.2) is 52.9 Å². The summed E-state index contributed by atoms with van der Waals surface area (Å²) in [5.74, 6) is 0.966. The molecule has 1 heteroatoms. The summed E-state index contributed by atoms with van der Waals surface area (Å²) in [5.41, 5.74) is 4.73. The Labute approximate surface area is 107 Å². The van der Waals surface area contributed by atoms with E-state index in [2.05, 4.69) is 62.4 Å². The Kier molecular flexibility index (Phi) is 2.67. The highest BCUT2D eigenvalue weighted by Gasteiger charge is 2.09. The van der Waals surface area contributed by atoms with Gasteiger partial charge in [-0.2, -0.15) is 0 Å². The molecule has 90 valence electrons. The van der Waals surface area contributed by atoms with Gasteiger partial charge in [0.2, 0.25) is 0 Å². The van der Waals surface area contributed by atoms with Crippen molar-refractivity contribution in [1.82, 2.24) is 0 Å². The zero-order valence-electron chi connectivity index (χ0n) is 10.7. The van der Waals surface area contributed by atoms with Gasteiger partial charge in [0.15, 0.2) is 0 Å². The molecule has 3 rings (SSSR count). The predicted molar refractivity (Wildman–Crippen MR) is 75.8 cm³/mol. The van der Waals surface area contributed by atoms with Gasteiger partial charge in [0, 0.05) is 10.9 Å². The van der Waals surface area contributed by atoms with E-state index >= 15 is 0 Å². The zero-order valence-corrected chi connectivity index (χ0v) is 10.7. The maximum Gasteiger partial charge on any atom is 0.135 e. The van der Waals surface area contributed by atoms with Crippen molar-refractivity contribution in [3.63, 3.8) is 0 Å². The smallest absolute Gasteiger partial charge is 0.135 e. The minimum absolute atomic E-state index is 0.966. The lowest BCUT2D eigenvalue weighted by Gasteiger charge is -2.03. The molecule has 0 saturated heterocycles. The number of rotatable bonds is 2. The van der Waals surface area contributed by atoms with Gasteiger partial charge in [0.05, 0.1) is 0 Å². The molecule has 0 spiro atoms. The number of hydrogen-bond donors (Lipinski definition) is 0. The van der Waals surface area contributed by atoms with Crippen LogP contribution in [-0.4, -0.2) is 0 Å². The molecule has 0 aliphatic carbocycles. The third-order valence-electron chi connectivity index (χ3n) is 3.34. The van der Waals surface area contributed by atoms with Gasteiger partial charge in [0.25, 0.3) is 0 Å². The number of furan rings is 1. The first-order valence-corrected chi connectivity index (χ1v) is 6.36. The Morgan fingerprint density at radius 1 is 1.00 bits per heavy atom. The van der Waals surface area contributed by atoms with Crippen LogP contribution >= 0.6 is 0 Å². The highest BCUT2D eigenvalue weighted by molar-refractivity contribution is 5.83. The maximum atomic E-state index is 5.98. The predicted octanol–water partition coefficient (Wildman–Crippen LogP) is 4.97. The van der Waals surface area contributed by atoms with Crippen LogP contribution in [0.4, 0.5) is 0 Å². The molecule has 2 aromatic carbocycles. The van der Waals surface area contributed by atoms with Crippen molar-refractivity contribution in [1.29, 1.82) is 0 Å². The van der Waals surface area contributed by atoms with Gasteiger partial charge in [-0.05, 0) is 36.6 Å². The fraction of sp³-hybridized carbons (Fsp3) is 0.176. The molecule has 0 radical (unpaired) electrons. The minimum Gasteiger partial charge on any atom is -0.456 e. The van der Waals surface area contributed by atoms with Crippen LogP contribution < -0.4 is 0 Å². The van der Waals surface area contributed by atoms with Gasteiger partial charge < -0.3 is 4.42 Å². The molecule has 18 heavy (non-hydrogen) atoms. The average Bonchev–Trinajstić information content (AvgIpc) is 2.81. The van der Waals surface area contributed by atoms with Crippen LogP contribution in [0.1, 0.15) is 18.1 Å². The standard InChI is InChI=1S/C17H16O/c1-3-13-6-4-5-7-15(13)17-11-14-9-8-12(2)10-16(14)18-17/h4-11H,3H2,1-2H3. The fourth-order valence-electron chi connectivity index (χ4n) is 2.34. The zero-order chi connectivity index (χ0) is 12.5. The van der Waals surface area contributed by atoms with E-state index in [0.29, 0.717) is 0 Å². The van der Waals surface area contributed by atoms with Gasteiger partial charge in [0.1, 0.15) is 11.3 Å². The molecule has 1 heterocycles. The quantitative estimate of drug-likeness (QED) is 0.612. The summed E-state index contributed by atoms with van der Waals surface area (Å²) in [6.45, 7) is 4.26. The second-order valence-corrected chi connectivity index (χ2v) is 4.66. The monoisotopic (exact) mass is 236 g/mol. The van der Waals surface area contributed by atoms with E-state index in [0.717, 1.165) is 17.8 Å². The van der Waals surface area contributed by atoms with Crippen LogP contribution in [0.5, 0.6) is 0 Å². The van der Waals surface area contributed by atoms with Crippen LogP contribution in [0, 0.1) is 6.92 Å². The van der Waals surface area contributed by atoms with Crippen LogP contribution in [0.3, 0.4) is 0 Å². The molecule has 0 saturated carbocycles. The Morgan fingerprint density at radius 3 is 2.67 bits per heavy atom. The molecule has 0 aliphatic heterocycles. The second kappa shape index (κ2) is 4.34. The third kappa shape index (κ3) is 1.82. The summed E-state index contributed by atoms with van der Waals surface area (Å²) < 4.78 is 5.98. The first-order chi connectivity index (χ1) is 8.78. The van der Waals surface area contributed by atoms with Crippen molar-refractivity contribution in [2.75, 3.05) is 0 Å². The van der Waals surface area contributed by atoms with Crippen molar-refractivity contribution in [3.05, 3.63) is 59.7 Å². The molecule has 0 bridgehead atoms. The summed E-state index contributed by atoms with van der Waals surface area (Å²) in [4.78, 5) is 0. The van der Waals surface area contributed by atoms with Gasteiger partial charge in [-0.15, -0.1) is 0 Å². The number of aryl methyl sites for hydroxylation is 2. The molecular weight excluding hydrogens is 220 g/mol. The van der Waals surface area contributed by atoms with Crippen molar-refractivity contribution in [3.8, 4) is 11.3 Å². The maximum absolute atomic E-state index is 5.98. The van der Waals surface area contributed by atoms with Crippen LogP contribution in [0.2, 0.25) is 0 Å². The number of fused-ring (bicyclic) bond motifs is 1. The Hall–Kier alpha value is -2.02. The molecule has 0 atom stereocenters.